The van der Waals surface area contributed by atoms with Crippen LogP contribution in [0.3, 0.4) is 0 Å². The van der Waals surface area contributed by atoms with Gasteiger partial charge in [-0.15, -0.1) is 0 Å². The summed E-state index contributed by atoms with van der Waals surface area (Å²) in [5.41, 5.74) is 0.737. The number of likely N-dealkylation sites (N-methyl/N-ethyl adjacent to an activating group) is 1. The highest BCUT2D eigenvalue weighted by Gasteiger charge is 2.16. The van der Waals surface area contributed by atoms with Crippen molar-refractivity contribution in [3.05, 3.63) is 27.2 Å². The Hall–Kier alpha value is -1.70. The van der Waals surface area contributed by atoms with Crippen molar-refractivity contribution in [2.75, 3.05) is 20.3 Å². The van der Waals surface area contributed by atoms with Gasteiger partial charge in [0.15, 0.2) is 5.65 Å². The molecule has 0 spiro atoms. The normalized spacial score (nSPS) is 11.0. The number of imidazole rings is 1. The van der Waals surface area contributed by atoms with E-state index in [4.69, 9.17) is 0 Å². The molecule has 0 bridgehead atoms. The van der Waals surface area contributed by atoms with Gasteiger partial charge in [0.2, 0.25) is 5.91 Å². The second kappa shape index (κ2) is 5.74. The molecule has 2 rings (SSSR count). The Morgan fingerprint density at radius 2 is 2.25 bits per heavy atom. The van der Waals surface area contributed by atoms with Crippen LogP contribution in [0.2, 0.25) is 0 Å². The first-order valence-electron chi connectivity index (χ1n) is 5.96. The second-order valence-corrected chi connectivity index (χ2v) is 5.34. The molecule has 20 heavy (non-hydrogen) atoms. The van der Waals surface area contributed by atoms with E-state index in [0.717, 1.165) is 0 Å². The van der Waals surface area contributed by atoms with Gasteiger partial charge in [0, 0.05) is 31.3 Å². The number of alkyl halides is 1. The zero-order chi connectivity index (χ0) is 14.9. The lowest BCUT2D eigenvalue weighted by Gasteiger charge is -2.15. The third-order valence-electron chi connectivity index (χ3n) is 3.08. The van der Waals surface area contributed by atoms with Crippen LogP contribution < -0.4 is 5.69 Å². The van der Waals surface area contributed by atoms with Gasteiger partial charge in [0.05, 0.1) is 5.52 Å². The predicted molar refractivity (Wildman–Crippen MR) is 76.3 cm³/mol. The van der Waals surface area contributed by atoms with Crippen LogP contribution in [0, 0.1) is 0 Å². The van der Waals surface area contributed by atoms with Gasteiger partial charge < -0.3 is 4.90 Å². The van der Waals surface area contributed by atoms with E-state index in [-0.39, 0.29) is 24.7 Å². The summed E-state index contributed by atoms with van der Waals surface area (Å²) >= 11 is 3.29. The molecule has 2 aromatic rings. The quantitative estimate of drug-likeness (QED) is 0.828. The average molecular weight is 345 g/mol. The standard InChI is InChI=1S/C12H14BrFN4O2/c1-16(4-3-14)10(19)7-18-9-5-8(13)6-15-11(9)17(2)12(18)20/h5-6H,3-4,7H2,1-2H3. The number of aromatic nitrogens is 3. The minimum atomic E-state index is -0.611. The Labute approximate surface area is 122 Å². The van der Waals surface area contributed by atoms with Crippen molar-refractivity contribution in [3.8, 4) is 0 Å². The molecule has 0 saturated carbocycles. The van der Waals surface area contributed by atoms with Gasteiger partial charge in [-0.1, -0.05) is 0 Å². The summed E-state index contributed by atoms with van der Waals surface area (Å²) in [6.07, 6.45) is 1.59. The number of carbonyl (C=O) groups is 1. The Bertz CT molecular complexity index is 709. The smallest absolute Gasteiger partial charge is 0.330 e. The first-order valence-corrected chi connectivity index (χ1v) is 6.75. The lowest BCUT2D eigenvalue weighted by Crippen LogP contribution is -2.35. The van der Waals surface area contributed by atoms with E-state index in [0.29, 0.717) is 15.6 Å². The summed E-state index contributed by atoms with van der Waals surface area (Å²) in [5.74, 6) is -0.322. The molecular weight excluding hydrogens is 331 g/mol. The molecule has 0 N–H and O–H groups in total. The summed E-state index contributed by atoms with van der Waals surface area (Å²) in [6.45, 7) is -0.731. The molecule has 108 valence electrons. The molecule has 0 aliphatic rings. The van der Waals surface area contributed by atoms with Gasteiger partial charge in [-0.2, -0.15) is 0 Å². The average Bonchev–Trinajstić information content (AvgIpc) is 2.64. The second-order valence-electron chi connectivity index (χ2n) is 4.43. The number of rotatable bonds is 4. The molecule has 0 atom stereocenters. The number of aryl methyl sites for hydroxylation is 1. The van der Waals surface area contributed by atoms with Crippen molar-refractivity contribution in [3.63, 3.8) is 0 Å². The fourth-order valence-electron chi connectivity index (χ4n) is 1.91. The first kappa shape index (κ1) is 14.7. The van der Waals surface area contributed by atoms with Crippen LogP contribution in [-0.4, -0.2) is 45.2 Å². The van der Waals surface area contributed by atoms with Crippen LogP contribution in [0.4, 0.5) is 4.39 Å². The van der Waals surface area contributed by atoms with E-state index in [1.165, 1.54) is 21.1 Å². The fourth-order valence-corrected chi connectivity index (χ4v) is 2.23. The topological polar surface area (TPSA) is 60.1 Å². The van der Waals surface area contributed by atoms with E-state index in [1.807, 2.05) is 0 Å². The van der Waals surface area contributed by atoms with Crippen LogP contribution >= 0.6 is 15.9 Å². The van der Waals surface area contributed by atoms with Gasteiger partial charge >= 0.3 is 5.69 Å². The van der Waals surface area contributed by atoms with Gasteiger partial charge in [0.1, 0.15) is 13.2 Å². The third kappa shape index (κ3) is 2.60. The highest BCUT2D eigenvalue weighted by atomic mass is 79.9. The Balaban J connectivity index is 2.44. The Morgan fingerprint density at radius 1 is 1.55 bits per heavy atom. The van der Waals surface area contributed by atoms with Gasteiger partial charge in [-0.05, 0) is 22.0 Å². The van der Waals surface area contributed by atoms with Gasteiger partial charge in [0.25, 0.3) is 0 Å². The third-order valence-corrected chi connectivity index (χ3v) is 3.51. The van der Waals surface area contributed by atoms with E-state index in [9.17, 15) is 14.0 Å². The monoisotopic (exact) mass is 344 g/mol. The van der Waals surface area contributed by atoms with Crippen molar-refractivity contribution >= 4 is 33.0 Å². The number of nitrogens with zero attached hydrogens (tertiary/aromatic N) is 4. The van der Waals surface area contributed by atoms with Crippen molar-refractivity contribution in [2.24, 2.45) is 7.05 Å². The van der Waals surface area contributed by atoms with Gasteiger partial charge in [-0.25, -0.2) is 14.2 Å². The highest BCUT2D eigenvalue weighted by molar-refractivity contribution is 9.10. The number of fused-ring (bicyclic) bond motifs is 1. The summed E-state index contributed by atoms with van der Waals surface area (Å²) in [5, 5.41) is 0. The molecule has 2 aromatic heterocycles. The van der Waals surface area contributed by atoms with Gasteiger partial charge in [-0.3, -0.25) is 13.9 Å². The fraction of sp³-hybridized carbons (Fsp3) is 0.417. The minimum absolute atomic E-state index is 0.0142. The van der Waals surface area contributed by atoms with Crippen LogP contribution in [-0.2, 0) is 18.4 Å². The number of hydrogen-bond acceptors (Lipinski definition) is 3. The largest absolute Gasteiger partial charge is 0.342 e. The maximum atomic E-state index is 12.2. The van der Waals surface area contributed by atoms with E-state index in [1.54, 1.807) is 19.3 Å². The van der Waals surface area contributed by atoms with E-state index in [2.05, 4.69) is 20.9 Å². The number of amides is 1. The highest BCUT2D eigenvalue weighted by Crippen LogP contribution is 2.16. The summed E-state index contributed by atoms with van der Waals surface area (Å²) in [4.78, 5) is 29.5. The number of halogens is 2. The summed E-state index contributed by atoms with van der Waals surface area (Å²) in [7, 11) is 3.10. The molecule has 0 saturated heterocycles. The molecule has 0 radical (unpaired) electrons. The van der Waals surface area contributed by atoms with Crippen LogP contribution in [0.1, 0.15) is 0 Å². The Kier molecular flexibility index (Phi) is 4.22. The SMILES string of the molecule is CN(CCF)C(=O)Cn1c(=O)n(C)c2ncc(Br)cc21. The van der Waals surface area contributed by atoms with Crippen molar-refractivity contribution in [1.82, 2.24) is 19.0 Å². The van der Waals surface area contributed by atoms with Crippen molar-refractivity contribution in [1.29, 1.82) is 0 Å². The van der Waals surface area contributed by atoms with Crippen molar-refractivity contribution in [2.45, 2.75) is 6.54 Å². The lowest BCUT2D eigenvalue weighted by atomic mass is 10.4. The van der Waals surface area contributed by atoms with E-state index < -0.39 is 6.67 Å². The zero-order valence-electron chi connectivity index (χ0n) is 11.1. The maximum absolute atomic E-state index is 12.2. The predicted octanol–water partition coefficient (Wildman–Crippen LogP) is 0.925. The van der Waals surface area contributed by atoms with Crippen LogP contribution in [0.15, 0.2) is 21.5 Å². The molecule has 2 heterocycles. The van der Waals surface area contributed by atoms with Crippen LogP contribution in [0.25, 0.3) is 11.2 Å². The maximum Gasteiger partial charge on any atom is 0.330 e. The number of carbonyl (C=O) groups excluding carboxylic acids is 1. The molecule has 0 aliphatic heterocycles. The number of pyridine rings is 1. The van der Waals surface area contributed by atoms with E-state index >= 15 is 0 Å². The van der Waals surface area contributed by atoms with Crippen molar-refractivity contribution < 1.29 is 9.18 Å². The molecule has 6 nitrogen and oxygen atoms in total. The summed E-state index contributed by atoms with van der Waals surface area (Å²) < 4.78 is 15.7. The number of hydrogen-bond donors (Lipinski definition) is 0. The zero-order valence-corrected chi connectivity index (χ0v) is 12.7. The Morgan fingerprint density at radius 3 is 2.90 bits per heavy atom. The molecule has 0 fully saturated rings. The molecule has 1 amide bonds. The molecular formula is C12H14BrFN4O2. The summed E-state index contributed by atoms with van der Waals surface area (Å²) in [6, 6.07) is 1.73. The lowest BCUT2D eigenvalue weighted by molar-refractivity contribution is -0.130. The molecule has 0 aliphatic carbocycles. The first-order chi connectivity index (χ1) is 9.45. The minimum Gasteiger partial charge on any atom is -0.342 e. The molecule has 0 unspecified atom stereocenters. The molecule has 0 aromatic carbocycles. The van der Waals surface area contributed by atoms with Crippen LogP contribution in [0.5, 0.6) is 0 Å². The molecule has 8 heteroatoms.